The molecule has 218 valence electrons. The van der Waals surface area contributed by atoms with E-state index in [0.29, 0.717) is 37.9 Å². The lowest BCUT2D eigenvalue weighted by molar-refractivity contribution is -0.116. The summed E-state index contributed by atoms with van der Waals surface area (Å²) in [7, 11) is -7.96. The van der Waals surface area contributed by atoms with Gasteiger partial charge in [0.1, 0.15) is 0 Å². The van der Waals surface area contributed by atoms with E-state index in [4.69, 9.17) is 23.2 Å². The predicted octanol–water partition coefficient (Wildman–Crippen LogP) is 6.34. The fraction of sp³-hybridized carbons (Fsp3) is 0.138. The van der Waals surface area contributed by atoms with Gasteiger partial charge in [-0.05, 0) is 84.3 Å². The van der Waals surface area contributed by atoms with Gasteiger partial charge in [0.25, 0.3) is 10.0 Å². The number of hydrogen-bond donors (Lipinski definition) is 1. The number of sulfonamides is 2. The number of rotatable bonds is 9. The van der Waals surface area contributed by atoms with E-state index in [1.54, 1.807) is 54.6 Å². The summed E-state index contributed by atoms with van der Waals surface area (Å²) in [5, 5.41) is 3.52. The molecule has 13 heteroatoms. The molecule has 1 heterocycles. The highest BCUT2D eigenvalue weighted by Gasteiger charge is 2.32. The zero-order chi connectivity index (χ0) is 30.1. The van der Waals surface area contributed by atoms with E-state index in [1.165, 1.54) is 40.7 Å². The summed E-state index contributed by atoms with van der Waals surface area (Å²) in [5.74, 6) is -0.604. The van der Waals surface area contributed by atoms with Gasteiger partial charge in [0.05, 0.1) is 22.0 Å². The standard InChI is InChI=1S/C29H24BrCl2N3O5S2/c30-22-6-11-25(12-7-22)41(37,38)34(18-21-3-1-2-4-27(21)32)19-29(36)33-24-10-5-20-15-16-35(28(20)17-24)42(39,40)26-13-8-23(31)9-14-26/h1-14,17H,15-16,18-19H2,(H,33,36). The first-order valence-electron chi connectivity index (χ1n) is 12.7. The number of hydrogen-bond acceptors (Lipinski definition) is 5. The monoisotopic (exact) mass is 707 g/mol. The SMILES string of the molecule is O=C(CN(Cc1ccccc1Cl)S(=O)(=O)c1ccc(Br)cc1)Nc1ccc2c(c1)N(S(=O)(=O)c1ccc(Cl)cc1)CC2. The van der Waals surface area contributed by atoms with E-state index in [-0.39, 0.29) is 22.9 Å². The van der Waals surface area contributed by atoms with Crippen LogP contribution in [0, 0.1) is 0 Å². The second-order valence-electron chi connectivity index (χ2n) is 9.49. The van der Waals surface area contributed by atoms with Crippen molar-refractivity contribution in [2.24, 2.45) is 0 Å². The van der Waals surface area contributed by atoms with Crippen LogP contribution in [-0.4, -0.2) is 40.1 Å². The maximum absolute atomic E-state index is 13.6. The van der Waals surface area contributed by atoms with Gasteiger partial charge in [0, 0.05) is 33.3 Å². The van der Waals surface area contributed by atoms with Crippen molar-refractivity contribution in [1.29, 1.82) is 0 Å². The molecule has 0 unspecified atom stereocenters. The summed E-state index contributed by atoms with van der Waals surface area (Å²) in [6.45, 7) is -0.398. The minimum absolute atomic E-state index is 0.0196. The molecule has 0 saturated carbocycles. The van der Waals surface area contributed by atoms with Gasteiger partial charge >= 0.3 is 0 Å². The van der Waals surface area contributed by atoms with Crippen molar-refractivity contribution in [3.05, 3.63) is 117 Å². The van der Waals surface area contributed by atoms with E-state index < -0.39 is 32.5 Å². The summed E-state index contributed by atoms with van der Waals surface area (Å²) >= 11 is 15.6. The van der Waals surface area contributed by atoms with Gasteiger partial charge in [-0.2, -0.15) is 4.31 Å². The third-order valence-electron chi connectivity index (χ3n) is 6.70. The highest BCUT2D eigenvalue weighted by molar-refractivity contribution is 9.10. The quantitative estimate of drug-likeness (QED) is 0.219. The molecule has 0 atom stereocenters. The minimum atomic E-state index is -4.10. The minimum Gasteiger partial charge on any atom is -0.325 e. The number of nitrogens with zero attached hydrogens (tertiary/aromatic N) is 2. The van der Waals surface area contributed by atoms with Gasteiger partial charge in [-0.25, -0.2) is 16.8 Å². The molecule has 1 amide bonds. The number of nitrogens with one attached hydrogen (secondary N) is 1. The lowest BCUT2D eigenvalue weighted by atomic mass is 10.1. The maximum Gasteiger partial charge on any atom is 0.264 e. The molecule has 0 bridgehead atoms. The topological polar surface area (TPSA) is 104 Å². The molecule has 5 rings (SSSR count). The predicted molar refractivity (Wildman–Crippen MR) is 168 cm³/mol. The molecule has 0 fully saturated rings. The Morgan fingerprint density at radius 1 is 0.881 bits per heavy atom. The number of fused-ring (bicyclic) bond motifs is 1. The Morgan fingerprint density at radius 3 is 2.24 bits per heavy atom. The number of halogens is 3. The van der Waals surface area contributed by atoms with Gasteiger partial charge < -0.3 is 5.32 Å². The van der Waals surface area contributed by atoms with Crippen LogP contribution >= 0.6 is 39.1 Å². The number of anilines is 2. The summed E-state index contributed by atoms with van der Waals surface area (Å²) in [5.41, 5.74) is 2.12. The molecule has 0 aliphatic carbocycles. The molecular formula is C29H24BrCl2N3O5S2. The Kier molecular flexibility index (Phi) is 8.98. The highest BCUT2D eigenvalue weighted by atomic mass is 79.9. The smallest absolute Gasteiger partial charge is 0.264 e. The third-order valence-corrected chi connectivity index (χ3v) is 11.5. The van der Waals surface area contributed by atoms with E-state index in [2.05, 4.69) is 21.2 Å². The average molecular weight is 709 g/mol. The zero-order valence-corrected chi connectivity index (χ0v) is 26.6. The van der Waals surface area contributed by atoms with Crippen LogP contribution in [0.3, 0.4) is 0 Å². The first-order valence-corrected chi connectivity index (χ1v) is 17.1. The van der Waals surface area contributed by atoms with Crippen molar-refractivity contribution in [2.45, 2.75) is 22.8 Å². The fourth-order valence-corrected chi connectivity index (χ4v) is 8.03. The van der Waals surface area contributed by atoms with Crippen LogP contribution in [0.4, 0.5) is 11.4 Å². The van der Waals surface area contributed by atoms with Crippen molar-refractivity contribution in [1.82, 2.24) is 4.31 Å². The van der Waals surface area contributed by atoms with Gasteiger partial charge in [0.15, 0.2) is 0 Å². The van der Waals surface area contributed by atoms with Gasteiger partial charge in [-0.3, -0.25) is 9.10 Å². The van der Waals surface area contributed by atoms with E-state index >= 15 is 0 Å². The maximum atomic E-state index is 13.6. The molecule has 0 radical (unpaired) electrons. The fourth-order valence-electron chi connectivity index (χ4n) is 4.57. The number of benzene rings is 4. The Labute approximate surface area is 263 Å². The van der Waals surface area contributed by atoms with Crippen molar-refractivity contribution in [3.8, 4) is 0 Å². The van der Waals surface area contributed by atoms with Crippen LogP contribution in [0.2, 0.25) is 10.0 Å². The van der Waals surface area contributed by atoms with Gasteiger partial charge in [-0.15, -0.1) is 0 Å². The summed E-state index contributed by atoms with van der Waals surface area (Å²) in [6, 6.07) is 23.8. The number of carbonyl (C=O) groups is 1. The first kappa shape index (κ1) is 30.5. The second-order valence-corrected chi connectivity index (χ2v) is 15.1. The molecule has 0 spiro atoms. The van der Waals surface area contributed by atoms with Crippen molar-refractivity contribution in [2.75, 3.05) is 22.7 Å². The Bertz CT molecular complexity index is 1850. The molecular weight excluding hydrogens is 685 g/mol. The summed E-state index contributed by atoms with van der Waals surface area (Å²) in [6.07, 6.45) is 0.507. The van der Waals surface area contributed by atoms with Crippen molar-refractivity contribution >= 4 is 76.5 Å². The van der Waals surface area contributed by atoms with E-state index in [1.807, 2.05) is 0 Å². The molecule has 1 aliphatic heterocycles. The number of carbonyl (C=O) groups excluding carboxylic acids is 1. The molecule has 4 aromatic rings. The molecule has 0 saturated heterocycles. The lowest BCUT2D eigenvalue weighted by Crippen LogP contribution is -2.37. The summed E-state index contributed by atoms with van der Waals surface area (Å²) in [4.78, 5) is 13.4. The average Bonchev–Trinajstić information content (AvgIpc) is 3.38. The highest BCUT2D eigenvalue weighted by Crippen LogP contribution is 2.35. The third kappa shape index (κ3) is 6.51. The number of amides is 1. The molecule has 1 N–H and O–H groups in total. The van der Waals surface area contributed by atoms with E-state index in [0.717, 1.165) is 9.87 Å². The molecule has 8 nitrogen and oxygen atoms in total. The molecule has 1 aliphatic rings. The van der Waals surface area contributed by atoms with Gasteiger partial charge in [0.2, 0.25) is 15.9 Å². The molecule has 4 aromatic carbocycles. The Balaban J connectivity index is 1.40. The molecule has 42 heavy (non-hydrogen) atoms. The largest absolute Gasteiger partial charge is 0.325 e. The van der Waals surface area contributed by atoms with E-state index in [9.17, 15) is 21.6 Å². The molecule has 0 aromatic heterocycles. The lowest BCUT2D eigenvalue weighted by Gasteiger charge is -2.23. The Hall–Kier alpha value is -2.93. The van der Waals surface area contributed by atoms with Crippen molar-refractivity contribution < 1.29 is 21.6 Å². The van der Waals surface area contributed by atoms with Crippen molar-refractivity contribution in [3.63, 3.8) is 0 Å². The van der Waals surface area contributed by atoms with Crippen LogP contribution in [-0.2, 0) is 37.8 Å². The summed E-state index contributed by atoms with van der Waals surface area (Å²) < 4.78 is 57.0. The second kappa shape index (κ2) is 12.4. The van der Waals surface area contributed by atoms with Crippen LogP contribution in [0.25, 0.3) is 0 Å². The Morgan fingerprint density at radius 2 is 1.55 bits per heavy atom. The normalized spacial score (nSPS) is 13.3. The van der Waals surface area contributed by atoms with Crippen LogP contribution in [0.5, 0.6) is 0 Å². The zero-order valence-electron chi connectivity index (χ0n) is 21.9. The van der Waals surface area contributed by atoms with Crippen LogP contribution < -0.4 is 9.62 Å². The van der Waals surface area contributed by atoms with Crippen LogP contribution in [0.15, 0.2) is 105 Å². The van der Waals surface area contributed by atoms with Gasteiger partial charge in [-0.1, -0.05) is 63.4 Å². The van der Waals surface area contributed by atoms with Crippen LogP contribution in [0.1, 0.15) is 11.1 Å². The first-order chi connectivity index (χ1) is 19.9.